The number of nitrogens with one attached hydrogen (secondary N) is 1. The van der Waals surface area contributed by atoms with Gasteiger partial charge < -0.3 is 14.6 Å². The molecule has 1 N–H and O–H groups in total. The van der Waals surface area contributed by atoms with Crippen molar-refractivity contribution in [2.45, 2.75) is 18.7 Å². The number of carbonyl (C=O) groups is 1. The van der Waals surface area contributed by atoms with Crippen LogP contribution >= 0.6 is 11.8 Å². The second kappa shape index (κ2) is 7.66. The van der Waals surface area contributed by atoms with E-state index in [1.807, 2.05) is 48.4 Å². The zero-order valence-electron chi connectivity index (χ0n) is 13.2. The molecular weight excluding hydrogens is 310 g/mol. The van der Waals surface area contributed by atoms with Gasteiger partial charge in [-0.3, -0.25) is 4.79 Å². The van der Waals surface area contributed by atoms with Crippen molar-refractivity contribution in [3.63, 3.8) is 0 Å². The van der Waals surface area contributed by atoms with Crippen molar-refractivity contribution in [3.05, 3.63) is 42.2 Å². The number of hydrogen-bond donors (Lipinski definition) is 1. The van der Waals surface area contributed by atoms with Gasteiger partial charge in [-0.05, 0) is 13.3 Å². The fourth-order valence-corrected chi connectivity index (χ4v) is 3.81. The molecule has 122 valence electrons. The quantitative estimate of drug-likeness (QED) is 0.792. The summed E-state index contributed by atoms with van der Waals surface area (Å²) in [6.07, 6.45) is 2.70. The Bertz CT molecular complexity index is 644. The summed E-state index contributed by atoms with van der Waals surface area (Å²) in [7, 11) is 0. The monoisotopic (exact) mass is 331 g/mol. The first-order valence-electron chi connectivity index (χ1n) is 7.88. The Hall–Kier alpha value is -1.79. The van der Waals surface area contributed by atoms with Crippen molar-refractivity contribution >= 4 is 17.7 Å². The molecule has 1 aromatic carbocycles. The number of nitrogens with zero attached hydrogens (tertiary/aromatic N) is 2. The molecule has 1 aliphatic heterocycles. The SMILES string of the molecule is CCOCCCN1C(=O)CSC1c1cnc(-c2ccccc2)[nH]1. The molecule has 0 radical (unpaired) electrons. The van der Waals surface area contributed by atoms with E-state index in [1.165, 1.54) is 0 Å². The van der Waals surface area contributed by atoms with Gasteiger partial charge in [-0.25, -0.2) is 4.98 Å². The molecule has 1 aliphatic rings. The molecule has 5 nitrogen and oxygen atoms in total. The van der Waals surface area contributed by atoms with Crippen LogP contribution in [0.5, 0.6) is 0 Å². The van der Waals surface area contributed by atoms with Crippen molar-refractivity contribution in [1.29, 1.82) is 0 Å². The third-order valence-corrected chi connectivity index (χ3v) is 5.01. The number of hydrogen-bond acceptors (Lipinski definition) is 4. The van der Waals surface area contributed by atoms with Crippen LogP contribution in [0.25, 0.3) is 11.4 Å². The van der Waals surface area contributed by atoms with E-state index < -0.39 is 0 Å². The zero-order valence-corrected chi connectivity index (χ0v) is 14.0. The van der Waals surface area contributed by atoms with Gasteiger partial charge in [-0.2, -0.15) is 0 Å². The number of amides is 1. The van der Waals surface area contributed by atoms with Crippen molar-refractivity contribution < 1.29 is 9.53 Å². The van der Waals surface area contributed by atoms with E-state index in [9.17, 15) is 4.79 Å². The smallest absolute Gasteiger partial charge is 0.233 e. The number of H-pyrrole nitrogens is 1. The first-order valence-corrected chi connectivity index (χ1v) is 8.93. The Morgan fingerprint density at radius 3 is 3.00 bits per heavy atom. The molecular formula is C17H21N3O2S. The summed E-state index contributed by atoms with van der Waals surface area (Å²) in [5, 5.41) is 0.0223. The number of imidazole rings is 1. The van der Waals surface area contributed by atoms with Crippen LogP contribution in [0.15, 0.2) is 36.5 Å². The largest absolute Gasteiger partial charge is 0.382 e. The molecule has 0 spiro atoms. The molecule has 1 amide bonds. The van der Waals surface area contributed by atoms with Gasteiger partial charge in [-0.1, -0.05) is 30.3 Å². The summed E-state index contributed by atoms with van der Waals surface area (Å²) >= 11 is 1.65. The van der Waals surface area contributed by atoms with Gasteiger partial charge in [0.05, 0.1) is 17.6 Å². The zero-order chi connectivity index (χ0) is 16.1. The second-order valence-electron chi connectivity index (χ2n) is 5.35. The number of rotatable bonds is 7. The van der Waals surface area contributed by atoms with Crippen molar-refractivity contribution in [2.24, 2.45) is 0 Å². The average molecular weight is 331 g/mol. The summed E-state index contributed by atoms with van der Waals surface area (Å²) in [6.45, 7) is 4.11. The van der Waals surface area contributed by atoms with E-state index in [0.29, 0.717) is 19.0 Å². The van der Waals surface area contributed by atoms with Gasteiger partial charge in [0.1, 0.15) is 11.2 Å². The van der Waals surface area contributed by atoms with E-state index in [1.54, 1.807) is 11.8 Å². The van der Waals surface area contributed by atoms with Gasteiger partial charge in [-0.15, -0.1) is 11.8 Å². The normalized spacial score (nSPS) is 17.9. The molecule has 1 saturated heterocycles. The third kappa shape index (κ3) is 3.76. The van der Waals surface area contributed by atoms with Crippen molar-refractivity contribution in [3.8, 4) is 11.4 Å². The van der Waals surface area contributed by atoms with E-state index in [0.717, 1.165) is 30.0 Å². The van der Waals surface area contributed by atoms with Gasteiger partial charge in [0.25, 0.3) is 0 Å². The lowest BCUT2D eigenvalue weighted by Crippen LogP contribution is -2.30. The van der Waals surface area contributed by atoms with Crippen LogP contribution in [0, 0.1) is 0 Å². The topological polar surface area (TPSA) is 58.2 Å². The molecule has 2 aromatic rings. The Balaban J connectivity index is 1.70. The van der Waals surface area contributed by atoms with Gasteiger partial charge >= 0.3 is 0 Å². The van der Waals surface area contributed by atoms with Crippen LogP contribution in [-0.2, 0) is 9.53 Å². The standard InChI is InChI=1S/C17H21N3O2S/c1-2-22-10-6-9-20-15(21)12-23-17(20)14-11-18-16(19-14)13-7-4-3-5-8-13/h3-5,7-8,11,17H,2,6,9-10,12H2,1H3,(H,18,19). The number of aromatic nitrogens is 2. The molecule has 0 aliphatic carbocycles. The minimum Gasteiger partial charge on any atom is -0.382 e. The maximum absolute atomic E-state index is 12.1. The first-order chi connectivity index (χ1) is 11.3. The molecule has 1 fully saturated rings. The van der Waals surface area contributed by atoms with E-state index in [-0.39, 0.29) is 11.3 Å². The molecule has 0 saturated carbocycles. The highest BCUT2D eigenvalue weighted by Gasteiger charge is 2.33. The minimum atomic E-state index is 0.0223. The summed E-state index contributed by atoms with van der Waals surface area (Å²) < 4.78 is 5.37. The van der Waals surface area contributed by atoms with E-state index in [2.05, 4.69) is 9.97 Å². The molecule has 1 aromatic heterocycles. The summed E-state index contributed by atoms with van der Waals surface area (Å²) in [4.78, 5) is 21.9. The van der Waals surface area contributed by atoms with Crippen LogP contribution < -0.4 is 0 Å². The Labute approximate surface area is 140 Å². The molecule has 6 heteroatoms. The van der Waals surface area contributed by atoms with Gasteiger partial charge in [0.2, 0.25) is 5.91 Å². The molecule has 3 rings (SSSR count). The number of ether oxygens (including phenoxy) is 1. The lowest BCUT2D eigenvalue weighted by Gasteiger charge is -2.22. The van der Waals surface area contributed by atoms with E-state index >= 15 is 0 Å². The highest BCUT2D eigenvalue weighted by Crippen LogP contribution is 2.38. The van der Waals surface area contributed by atoms with Crippen LogP contribution in [0.2, 0.25) is 0 Å². The molecule has 23 heavy (non-hydrogen) atoms. The van der Waals surface area contributed by atoms with Crippen LogP contribution in [0.3, 0.4) is 0 Å². The number of benzene rings is 1. The lowest BCUT2D eigenvalue weighted by molar-refractivity contribution is -0.128. The van der Waals surface area contributed by atoms with Crippen molar-refractivity contribution in [1.82, 2.24) is 14.9 Å². The summed E-state index contributed by atoms with van der Waals surface area (Å²) in [5.41, 5.74) is 2.03. The third-order valence-electron chi connectivity index (χ3n) is 3.77. The van der Waals surface area contributed by atoms with E-state index in [4.69, 9.17) is 4.74 Å². The number of carbonyl (C=O) groups excluding carboxylic acids is 1. The molecule has 1 atom stereocenters. The summed E-state index contributed by atoms with van der Waals surface area (Å²) in [6, 6.07) is 10.0. The van der Waals surface area contributed by atoms with Gasteiger partial charge in [0, 0.05) is 25.3 Å². The van der Waals surface area contributed by atoms with Crippen LogP contribution in [0.4, 0.5) is 0 Å². The number of aromatic amines is 1. The highest BCUT2D eigenvalue weighted by molar-refractivity contribution is 8.00. The highest BCUT2D eigenvalue weighted by atomic mass is 32.2. The second-order valence-corrected chi connectivity index (χ2v) is 6.42. The number of thioether (sulfide) groups is 1. The Morgan fingerprint density at radius 2 is 2.22 bits per heavy atom. The maximum atomic E-state index is 12.1. The van der Waals surface area contributed by atoms with Crippen LogP contribution in [0.1, 0.15) is 24.4 Å². The Morgan fingerprint density at radius 1 is 1.39 bits per heavy atom. The summed E-state index contributed by atoms with van der Waals surface area (Å²) in [5.74, 6) is 1.56. The predicted octanol–water partition coefficient (Wildman–Crippen LogP) is 3.08. The minimum absolute atomic E-state index is 0.0223. The van der Waals surface area contributed by atoms with Crippen LogP contribution in [-0.4, -0.2) is 46.3 Å². The fourth-order valence-electron chi connectivity index (χ4n) is 2.64. The van der Waals surface area contributed by atoms with Gasteiger partial charge in [0.15, 0.2) is 0 Å². The first kappa shape index (κ1) is 16.1. The molecule has 2 heterocycles. The molecule has 0 bridgehead atoms. The maximum Gasteiger partial charge on any atom is 0.233 e. The Kier molecular flexibility index (Phi) is 5.35. The predicted molar refractivity (Wildman–Crippen MR) is 92.0 cm³/mol. The fraction of sp³-hybridized carbons (Fsp3) is 0.412. The average Bonchev–Trinajstić information content (AvgIpc) is 3.20. The molecule has 1 unspecified atom stereocenters. The lowest BCUT2D eigenvalue weighted by atomic mass is 10.2. The van der Waals surface area contributed by atoms with Crippen molar-refractivity contribution in [2.75, 3.05) is 25.5 Å².